The van der Waals surface area contributed by atoms with E-state index in [1.54, 1.807) is 0 Å². The maximum Gasteiger partial charge on any atom is 0.0587 e. The van der Waals surface area contributed by atoms with Gasteiger partial charge in [0.2, 0.25) is 0 Å². The molecule has 5 heteroatoms. The minimum Gasteiger partial charge on any atom is -0.395 e. The summed E-state index contributed by atoms with van der Waals surface area (Å²) >= 11 is 0. The average Bonchev–Trinajstić information content (AvgIpc) is 2.80. The number of aliphatic hydroxyl groups excluding tert-OH is 1. The lowest BCUT2D eigenvalue weighted by Crippen LogP contribution is -2.36. The zero-order valence-corrected chi connectivity index (χ0v) is 11.7. The lowest BCUT2D eigenvalue weighted by molar-refractivity contribution is 0.106. The zero-order valence-electron chi connectivity index (χ0n) is 11.7. The van der Waals surface area contributed by atoms with Crippen LogP contribution in [0, 0.1) is 6.92 Å². The summed E-state index contributed by atoms with van der Waals surface area (Å²) in [5, 5.41) is 14.0. The highest BCUT2D eigenvalue weighted by atomic mass is 16.3. The first-order valence-corrected chi connectivity index (χ1v) is 7.04. The molecule has 2 aromatic rings. The molecule has 0 saturated heterocycles. The SMILES string of the molecule is Cc1cccc(CN2Cc3ccnn3CC[C@@H]2CO)n1. The van der Waals surface area contributed by atoms with E-state index >= 15 is 0 Å². The van der Waals surface area contributed by atoms with E-state index in [1.807, 2.05) is 36.0 Å². The van der Waals surface area contributed by atoms with Gasteiger partial charge in [0, 0.05) is 37.6 Å². The van der Waals surface area contributed by atoms with Crippen LogP contribution in [0.25, 0.3) is 0 Å². The first-order valence-electron chi connectivity index (χ1n) is 7.04. The third kappa shape index (κ3) is 2.73. The third-order valence-corrected chi connectivity index (χ3v) is 3.88. The molecule has 0 aliphatic carbocycles. The van der Waals surface area contributed by atoms with Crippen LogP contribution < -0.4 is 0 Å². The predicted octanol–water partition coefficient (Wildman–Crippen LogP) is 1.35. The maximum atomic E-state index is 9.64. The molecule has 1 atom stereocenters. The minimum absolute atomic E-state index is 0.166. The van der Waals surface area contributed by atoms with Crippen molar-refractivity contribution in [2.45, 2.75) is 39.0 Å². The van der Waals surface area contributed by atoms with Gasteiger partial charge in [-0.05, 0) is 31.5 Å². The van der Waals surface area contributed by atoms with E-state index in [0.717, 1.165) is 37.4 Å². The van der Waals surface area contributed by atoms with Crippen molar-refractivity contribution in [1.29, 1.82) is 0 Å². The number of nitrogens with zero attached hydrogens (tertiary/aromatic N) is 4. The summed E-state index contributed by atoms with van der Waals surface area (Å²) in [5.74, 6) is 0. The quantitative estimate of drug-likeness (QED) is 0.916. The van der Waals surface area contributed by atoms with E-state index in [0.29, 0.717) is 0 Å². The van der Waals surface area contributed by atoms with Gasteiger partial charge in [0.25, 0.3) is 0 Å². The van der Waals surface area contributed by atoms with Crippen LogP contribution in [-0.4, -0.2) is 37.4 Å². The fourth-order valence-corrected chi connectivity index (χ4v) is 2.77. The van der Waals surface area contributed by atoms with Crippen molar-refractivity contribution in [1.82, 2.24) is 19.7 Å². The van der Waals surface area contributed by atoms with Crippen LogP contribution in [0.3, 0.4) is 0 Å². The summed E-state index contributed by atoms with van der Waals surface area (Å²) in [7, 11) is 0. The van der Waals surface area contributed by atoms with Gasteiger partial charge in [0.1, 0.15) is 0 Å². The number of aromatic nitrogens is 3. The summed E-state index contributed by atoms with van der Waals surface area (Å²) in [6.07, 6.45) is 2.76. The van der Waals surface area contributed by atoms with E-state index in [1.165, 1.54) is 5.69 Å². The minimum atomic E-state index is 0.166. The maximum absolute atomic E-state index is 9.64. The fraction of sp³-hybridized carbons (Fsp3) is 0.467. The zero-order chi connectivity index (χ0) is 13.9. The molecule has 3 heterocycles. The molecule has 1 aliphatic rings. The number of fused-ring (bicyclic) bond motifs is 1. The first kappa shape index (κ1) is 13.3. The van der Waals surface area contributed by atoms with Crippen LogP contribution in [0.15, 0.2) is 30.5 Å². The lowest BCUT2D eigenvalue weighted by atomic mass is 10.1. The summed E-state index contributed by atoms with van der Waals surface area (Å²) < 4.78 is 2.03. The molecule has 106 valence electrons. The molecule has 0 spiro atoms. The van der Waals surface area contributed by atoms with Crippen LogP contribution in [0.5, 0.6) is 0 Å². The van der Waals surface area contributed by atoms with Crippen molar-refractivity contribution in [2.24, 2.45) is 0 Å². The third-order valence-electron chi connectivity index (χ3n) is 3.88. The van der Waals surface area contributed by atoms with Gasteiger partial charge in [0.05, 0.1) is 18.0 Å². The topological polar surface area (TPSA) is 54.2 Å². The first-order chi connectivity index (χ1) is 9.76. The molecule has 3 rings (SSSR count). The molecular formula is C15H20N4O. The molecule has 2 aromatic heterocycles. The highest BCUT2D eigenvalue weighted by Crippen LogP contribution is 2.19. The lowest BCUT2D eigenvalue weighted by Gasteiger charge is -2.27. The summed E-state index contributed by atoms with van der Waals surface area (Å²) in [6.45, 7) is 4.62. The van der Waals surface area contributed by atoms with Gasteiger partial charge >= 0.3 is 0 Å². The molecule has 5 nitrogen and oxygen atoms in total. The molecular weight excluding hydrogens is 252 g/mol. The van der Waals surface area contributed by atoms with Gasteiger partial charge < -0.3 is 5.11 Å². The van der Waals surface area contributed by atoms with E-state index in [-0.39, 0.29) is 12.6 Å². The Balaban J connectivity index is 1.81. The Hall–Kier alpha value is -1.72. The smallest absolute Gasteiger partial charge is 0.0587 e. The van der Waals surface area contributed by atoms with Crippen LogP contribution in [0.2, 0.25) is 0 Å². The second kappa shape index (κ2) is 5.73. The molecule has 0 radical (unpaired) electrons. The van der Waals surface area contributed by atoms with Gasteiger partial charge in [-0.3, -0.25) is 14.6 Å². The van der Waals surface area contributed by atoms with E-state index in [9.17, 15) is 5.11 Å². The van der Waals surface area contributed by atoms with Gasteiger partial charge in [-0.1, -0.05) is 6.07 Å². The van der Waals surface area contributed by atoms with E-state index < -0.39 is 0 Å². The predicted molar refractivity (Wildman–Crippen MR) is 75.9 cm³/mol. The Morgan fingerprint density at radius 2 is 2.25 bits per heavy atom. The molecule has 0 aromatic carbocycles. The van der Waals surface area contributed by atoms with Crippen molar-refractivity contribution in [3.8, 4) is 0 Å². The van der Waals surface area contributed by atoms with Crippen molar-refractivity contribution in [3.63, 3.8) is 0 Å². The second-order valence-electron chi connectivity index (χ2n) is 5.35. The highest BCUT2D eigenvalue weighted by Gasteiger charge is 2.23. The number of rotatable bonds is 3. The summed E-state index contributed by atoms with van der Waals surface area (Å²) in [6, 6.07) is 8.30. The number of hydrogen-bond donors (Lipinski definition) is 1. The fourth-order valence-electron chi connectivity index (χ4n) is 2.77. The molecule has 0 unspecified atom stereocenters. The molecule has 1 aliphatic heterocycles. The summed E-state index contributed by atoms with van der Waals surface area (Å²) in [4.78, 5) is 6.86. The van der Waals surface area contributed by atoms with Gasteiger partial charge in [0.15, 0.2) is 0 Å². The Kier molecular flexibility index (Phi) is 3.80. The Labute approximate surface area is 118 Å². The van der Waals surface area contributed by atoms with E-state index in [2.05, 4.69) is 21.0 Å². The largest absolute Gasteiger partial charge is 0.395 e. The van der Waals surface area contributed by atoms with Crippen LogP contribution in [0.1, 0.15) is 23.5 Å². The van der Waals surface area contributed by atoms with E-state index in [4.69, 9.17) is 0 Å². The Morgan fingerprint density at radius 3 is 3.05 bits per heavy atom. The van der Waals surface area contributed by atoms with Crippen molar-refractivity contribution in [2.75, 3.05) is 6.61 Å². The standard InChI is InChI=1S/C15H20N4O/c1-12-3-2-4-13(17-12)9-18-10-14-5-7-16-19(14)8-6-15(18)11-20/h2-5,7,15,20H,6,8-11H2,1H3/t15-/m1/s1. The molecule has 0 saturated carbocycles. The van der Waals surface area contributed by atoms with Crippen molar-refractivity contribution >= 4 is 0 Å². The molecule has 0 fully saturated rings. The molecule has 0 bridgehead atoms. The molecule has 20 heavy (non-hydrogen) atoms. The Morgan fingerprint density at radius 1 is 1.35 bits per heavy atom. The number of aliphatic hydroxyl groups is 1. The van der Waals surface area contributed by atoms with Gasteiger partial charge in [-0.2, -0.15) is 5.10 Å². The number of hydrogen-bond acceptors (Lipinski definition) is 4. The van der Waals surface area contributed by atoms with Crippen LogP contribution in [0.4, 0.5) is 0 Å². The molecule has 1 N–H and O–H groups in total. The normalized spacial score (nSPS) is 19.6. The van der Waals surface area contributed by atoms with Crippen LogP contribution >= 0.6 is 0 Å². The van der Waals surface area contributed by atoms with Crippen LogP contribution in [-0.2, 0) is 19.6 Å². The number of aryl methyl sites for hydroxylation is 2. The van der Waals surface area contributed by atoms with Gasteiger partial charge in [-0.25, -0.2) is 0 Å². The highest BCUT2D eigenvalue weighted by molar-refractivity contribution is 5.11. The Bertz CT molecular complexity index is 581. The van der Waals surface area contributed by atoms with Crippen molar-refractivity contribution < 1.29 is 5.11 Å². The molecule has 0 amide bonds. The van der Waals surface area contributed by atoms with Crippen molar-refractivity contribution in [3.05, 3.63) is 47.5 Å². The second-order valence-corrected chi connectivity index (χ2v) is 5.35. The monoisotopic (exact) mass is 272 g/mol. The number of pyridine rings is 1. The summed E-state index contributed by atoms with van der Waals surface area (Å²) in [5.41, 5.74) is 3.29. The van der Waals surface area contributed by atoms with Gasteiger partial charge in [-0.15, -0.1) is 0 Å². The average molecular weight is 272 g/mol.